The third-order valence-corrected chi connectivity index (χ3v) is 3.45. The number of amides is 1. The lowest BCUT2D eigenvalue weighted by Crippen LogP contribution is -2.48. The fourth-order valence-electron chi connectivity index (χ4n) is 1.92. The predicted molar refractivity (Wildman–Crippen MR) is 69.2 cm³/mol. The highest BCUT2D eigenvalue weighted by Crippen LogP contribution is 2.31. The molecule has 1 saturated heterocycles. The normalized spacial score (nSPS) is 16.6. The molecular formula is C12H11F3INO. The molecule has 0 unspecified atom stereocenters. The van der Waals surface area contributed by atoms with Gasteiger partial charge in [-0.1, -0.05) is 6.92 Å². The quantitative estimate of drug-likeness (QED) is 0.695. The van der Waals surface area contributed by atoms with E-state index in [1.165, 1.54) is 6.07 Å². The van der Waals surface area contributed by atoms with Crippen molar-refractivity contribution in [3.63, 3.8) is 0 Å². The Balaban J connectivity index is 2.28. The summed E-state index contributed by atoms with van der Waals surface area (Å²) in [6.07, 6.45) is -4.42. The minimum Gasteiger partial charge on any atom is -0.338 e. The summed E-state index contributed by atoms with van der Waals surface area (Å²) in [6, 6.07) is 3.45. The first kappa shape index (κ1) is 13.6. The Morgan fingerprint density at radius 1 is 1.33 bits per heavy atom. The maximum Gasteiger partial charge on any atom is 0.416 e. The lowest BCUT2D eigenvalue weighted by Gasteiger charge is -2.37. The molecule has 1 aliphatic rings. The summed E-state index contributed by atoms with van der Waals surface area (Å²) in [7, 11) is 0. The second-order valence-electron chi connectivity index (χ2n) is 4.54. The number of benzene rings is 1. The third-order valence-electron chi connectivity index (χ3n) is 2.82. The van der Waals surface area contributed by atoms with Crippen molar-refractivity contribution in [2.75, 3.05) is 13.1 Å². The highest BCUT2D eigenvalue weighted by molar-refractivity contribution is 14.1. The number of hydrogen-bond acceptors (Lipinski definition) is 1. The van der Waals surface area contributed by atoms with Gasteiger partial charge >= 0.3 is 6.18 Å². The van der Waals surface area contributed by atoms with Crippen LogP contribution in [0, 0.1) is 9.49 Å². The molecule has 0 aromatic heterocycles. The van der Waals surface area contributed by atoms with Crippen molar-refractivity contribution in [3.8, 4) is 0 Å². The molecule has 1 aliphatic heterocycles. The highest BCUT2D eigenvalue weighted by Gasteiger charge is 2.33. The summed E-state index contributed by atoms with van der Waals surface area (Å²) in [5.41, 5.74) is -0.660. The van der Waals surface area contributed by atoms with E-state index in [1.807, 2.05) is 6.92 Å². The SMILES string of the molecule is CC1CN(C(=O)c2cc(I)cc(C(F)(F)F)c2)C1. The van der Waals surface area contributed by atoms with Gasteiger partial charge in [0.05, 0.1) is 5.56 Å². The molecule has 18 heavy (non-hydrogen) atoms. The van der Waals surface area contributed by atoms with E-state index in [9.17, 15) is 18.0 Å². The zero-order valence-corrected chi connectivity index (χ0v) is 11.7. The van der Waals surface area contributed by atoms with Crippen molar-refractivity contribution in [1.82, 2.24) is 4.90 Å². The fraction of sp³-hybridized carbons (Fsp3) is 0.417. The monoisotopic (exact) mass is 369 g/mol. The first-order valence-electron chi connectivity index (χ1n) is 5.44. The second kappa shape index (κ2) is 4.71. The van der Waals surface area contributed by atoms with Crippen LogP contribution in [-0.2, 0) is 6.18 Å². The van der Waals surface area contributed by atoms with Crippen LogP contribution >= 0.6 is 22.6 Å². The van der Waals surface area contributed by atoms with Gasteiger partial charge in [-0.15, -0.1) is 0 Å². The molecular weight excluding hydrogens is 358 g/mol. The van der Waals surface area contributed by atoms with Crippen LogP contribution in [0.25, 0.3) is 0 Å². The molecule has 1 heterocycles. The minimum atomic E-state index is -4.42. The molecule has 0 atom stereocenters. The largest absolute Gasteiger partial charge is 0.416 e. The number of halogens is 4. The van der Waals surface area contributed by atoms with Gasteiger partial charge in [0.2, 0.25) is 0 Å². The van der Waals surface area contributed by atoms with Gasteiger partial charge in [0.25, 0.3) is 5.91 Å². The Labute approximate surface area is 116 Å². The summed E-state index contributed by atoms with van der Waals surface area (Å²) in [5, 5.41) is 0. The number of carbonyl (C=O) groups excluding carboxylic acids is 1. The highest BCUT2D eigenvalue weighted by atomic mass is 127. The number of hydrogen-bond donors (Lipinski definition) is 0. The van der Waals surface area contributed by atoms with Crippen LogP contribution in [-0.4, -0.2) is 23.9 Å². The number of carbonyl (C=O) groups is 1. The van der Waals surface area contributed by atoms with Gasteiger partial charge in [0, 0.05) is 22.2 Å². The summed E-state index contributed by atoms with van der Waals surface area (Å²) in [5.74, 6) is 0.107. The minimum absolute atomic E-state index is 0.112. The van der Waals surface area contributed by atoms with Crippen LogP contribution < -0.4 is 0 Å². The Bertz CT molecular complexity index is 481. The zero-order chi connectivity index (χ0) is 13.5. The lowest BCUT2D eigenvalue weighted by molar-refractivity contribution is -0.137. The van der Waals surface area contributed by atoms with Crippen LogP contribution in [0.3, 0.4) is 0 Å². The van der Waals surface area contributed by atoms with Crippen molar-refractivity contribution in [1.29, 1.82) is 0 Å². The van der Waals surface area contributed by atoms with Gasteiger partial charge in [0.1, 0.15) is 0 Å². The molecule has 1 amide bonds. The van der Waals surface area contributed by atoms with Gasteiger partial charge in [-0.2, -0.15) is 13.2 Å². The second-order valence-corrected chi connectivity index (χ2v) is 5.79. The van der Waals surface area contributed by atoms with Crippen LogP contribution in [0.2, 0.25) is 0 Å². The molecule has 2 rings (SSSR count). The van der Waals surface area contributed by atoms with Gasteiger partial charge in [-0.05, 0) is 46.7 Å². The number of alkyl halides is 3. The van der Waals surface area contributed by atoms with E-state index in [2.05, 4.69) is 0 Å². The van der Waals surface area contributed by atoms with E-state index < -0.39 is 11.7 Å². The maximum atomic E-state index is 12.6. The smallest absolute Gasteiger partial charge is 0.338 e. The molecule has 1 aromatic rings. The summed E-state index contributed by atoms with van der Waals surface area (Å²) >= 11 is 1.79. The number of rotatable bonds is 1. The molecule has 6 heteroatoms. The molecule has 0 N–H and O–H groups in total. The van der Waals surface area contributed by atoms with Crippen molar-refractivity contribution in [2.24, 2.45) is 5.92 Å². The molecule has 1 fully saturated rings. The molecule has 0 saturated carbocycles. The molecule has 0 bridgehead atoms. The van der Waals surface area contributed by atoms with Crippen molar-refractivity contribution >= 4 is 28.5 Å². The molecule has 0 radical (unpaired) electrons. The van der Waals surface area contributed by atoms with E-state index in [0.717, 1.165) is 12.1 Å². The Kier molecular flexibility index (Phi) is 3.57. The predicted octanol–water partition coefficient (Wildman–Crippen LogP) is 3.40. The van der Waals surface area contributed by atoms with Crippen LogP contribution in [0.15, 0.2) is 18.2 Å². The Hall–Kier alpha value is -0.790. The van der Waals surface area contributed by atoms with Gasteiger partial charge in [0.15, 0.2) is 0 Å². The topological polar surface area (TPSA) is 20.3 Å². The average molecular weight is 369 g/mol. The van der Waals surface area contributed by atoms with Crippen LogP contribution in [0.4, 0.5) is 13.2 Å². The first-order valence-corrected chi connectivity index (χ1v) is 6.52. The zero-order valence-electron chi connectivity index (χ0n) is 9.59. The number of nitrogens with zero attached hydrogens (tertiary/aromatic N) is 1. The van der Waals surface area contributed by atoms with Gasteiger partial charge in [-0.3, -0.25) is 4.79 Å². The van der Waals surface area contributed by atoms with E-state index in [0.29, 0.717) is 22.6 Å². The van der Waals surface area contributed by atoms with Crippen molar-refractivity contribution < 1.29 is 18.0 Å². The molecule has 98 valence electrons. The Morgan fingerprint density at radius 3 is 2.44 bits per heavy atom. The van der Waals surface area contributed by atoms with Gasteiger partial charge in [-0.25, -0.2) is 0 Å². The van der Waals surface area contributed by atoms with E-state index >= 15 is 0 Å². The van der Waals surface area contributed by atoms with Crippen LogP contribution in [0.1, 0.15) is 22.8 Å². The third kappa shape index (κ3) is 2.78. The fourth-order valence-corrected chi connectivity index (χ4v) is 2.60. The summed E-state index contributed by atoms with van der Waals surface area (Å²) in [4.78, 5) is 13.5. The standard InChI is InChI=1S/C12H11F3INO/c1-7-5-17(6-7)11(18)8-2-9(12(13,14)15)4-10(16)3-8/h2-4,7H,5-6H2,1H3. The maximum absolute atomic E-state index is 12.6. The first-order chi connectivity index (χ1) is 8.27. The molecule has 2 nitrogen and oxygen atoms in total. The van der Waals surface area contributed by atoms with Crippen molar-refractivity contribution in [2.45, 2.75) is 13.1 Å². The molecule has 1 aromatic carbocycles. The van der Waals surface area contributed by atoms with Crippen LogP contribution in [0.5, 0.6) is 0 Å². The average Bonchev–Trinajstić information content (AvgIpc) is 2.22. The number of likely N-dealkylation sites (tertiary alicyclic amines) is 1. The van der Waals surface area contributed by atoms with Crippen molar-refractivity contribution in [3.05, 3.63) is 32.9 Å². The van der Waals surface area contributed by atoms with Gasteiger partial charge < -0.3 is 4.90 Å². The Morgan fingerprint density at radius 2 is 1.94 bits per heavy atom. The summed E-state index contributed by atoms with van der Waals surface area (Å²) in [6.45, 7) is 3.23. The van der Waals surface area contributed by atoms with E-state index in [-0.39, 0.29) is 11.5 Å². The lowest BCUT2D eigenvalue weighted by atomic mass is 10.0. The summed E-state index contributed by atoms with van der Waals surface area (Å²) < 4.78 is 38.3. The van der Waals surface area contributed by atoms with E-state index in [4.69, 9.17) is 0 Å². The van der Waals surface area contributed by atoms with E-state index in [1.54, 1.807) is 27.5 Å². The molecule has 0 spiro atoms. The molecule has 0 aliphatic carbocycles.